The zero-order valence-corrected chi connectivity index (χ0v) is 9.45. The molecule has 0 radical (unpaired) electrons. The first-order valence-corrected chi connectivity index (χ1v) is 5.36. The third kappa shape index (κ3) is 2.19. The molecule has 3 heteroatoms. The van der Waals surface area contributed by atoms with Crippen LogP contribution in [-0.4, -0.2) is 9.97 Å². The summed E-state index contributed by atoms with van der Waals surface area (Å²) in [5, 5.41) is 0. The lowest BCUT2D eigenvalue weighted by Gasteiger charge is -2.03. The summed E-state index contributed by atoms with van der Waals surface area (Å²) in [6, 6.07) is 9.53. The monoisotopic (exact) mass is 214 g/mol. The van der Waals surface area contributed by atoms with Crippen molar-refractivity contribution in [3.63, 3.8) is 0 Å². The number of aromatic amines is 1. The largest absolute Gasteiger partial charge is 0.311 e. The summed E-state index contributed by atoms with van der Waals surface area (Å²) in [6.07, 6.45) is 0.731. The number of hydrogen-bond acceptors (Lipinski definition) is 2. The summed E-state index contributed by atoms with van der Waals surface area (Å²) in [5.74, 6) is 0.726. The Hall–Kier alpha value is -1.90. The first-order chi connectivity index (χ1) is 7.69. The third-order valence-corrected chi connectivity index (χ3v) is 2.44. The van der Waals surface area contributed by atoms with Gasteiger partial charge in [0.2, 0.25) is 0 Å². The first-order valence-electron chi connectivity index (χ1n) is 5.36. The summed E-state index contributed by atoms with van der Waals surface area (Å²) < 4.78 is 0. The van der Waals surface area contributed by atoms with E-state index in [0.29, 0.717) is 0 Å². The molecule has 1 aromatic carbocycles. The van der Waals surface area contributed by atoms with E-state index in [4.69, 9.17) is 0 Å². The minimum Gasteiger partial charge on any atom is -0.311 e. The highest BCUT2D eigenvalue weighted by Crippen LogP contribution is 2.16. The fourth-order valence-electron chi connectivity index (χ4n) is 1.63. The van der Waals surface area contributed by atoms with Crippen molar-refractivity contribution < 1.29 is 0 Å². The molecule has 0 atom stereocenters. The molecule has 3 nitrogen and oxygen atoms in total. The number of nitrogens with one attached hydrogen (secondary N) is 1. The van der Waals surface area contributed by atoms with Crippen molar-refractivity contribution in [3.05, 3.63) is 52.1 Å². The van der Waals surface area contributed by atoms with Crippen LogP contribution in [0.2, 0.25) is 0 Å². The molecule has 0 fully saturated rings. The van der Waals surface area contributed by atoms with Crippen LogP contribution in [0, 0.1) is 6.92 Å². The Morgan fingerprint density at radius 2 is 2.12 bits per heavy atom. The van der Waals surface area contributed by atoms with Gasteiger partial charge < -0.3 is 4.98 Å². The van der Waals surface area contributed by atoms with Crippen molar-refractivity contribution in [1.29, 1.82) is 0 Å². The number of benzene rings is 1. The van der Waals surface area contributed by atoms with E-state index in [2.05, 4.69) is 9.97 Å². The van der Waals surface area contributed by atoms with Gasteiger partial charge in [-0.2, -0.15) is 0 Å². The van der Waals surface area contributed by atoms with Gasteiger partial charge in [0, 0.05) is 18.1 Å². The molecule has 0 unspecified atom stereocenters. The van der Waals surface area contributed by atoms with Crippen LogP contribution in [0.3, 0.4) is 0 Å². The van der Waals surface area contributed by atoms with Crippen molar-refractivity contribution in [3.8, 4) is 11.3 Å². The van der Waals surface area contributed by atoms with Crippen LogP contribution in [0.5, 0.6) is 0 Å². The van der Waals surface area contributed by atoms with Gasteiger partial charge in [-0.05, 0) is 13.0 Å². The number of rotatable bonds is 2. The van der Waals surface area contributed by atoms with E-state index in [0.717, 1.165) is 29.1 Å². The minimum absolute atomic E-state index is 0.0941. The molecule has 1 heterocycles. The van der Waals surface area contributed by atoms with Crippen molar-refractivity contribution >= 4 is 0 Å². The fraction of sp³-hybridized carbons (Fsp3) is 0.231. The van der Waals surface area contributed by atoms with E-state index in [9.17, 15) is 4.79 Å². The number of nitrogens with zero attached hydrogens (tertiary/aromatic N) is 1. The Balaban J connectivity index is 2.55. The predicted molar refractivity (Wildman–Crippen MR) is 64.4 cm³/mol. The van der Waals surface area contributed by atoms with Gasteiger partial charge in [0.05, 0.1) is 5.69 Å². The van der Waals surface area contributed by atoms with Crippen molar-refractivity contribution in [2.24, 2.45) is 0 Å². The average Bonchev–Trinajstić information content (AvgIpc) is 2.28. The zero-order valence-electron chi connectivity index (χ0n) is 9.45. The molecule has 0 aliphatic heterocycles. The highest BCUT2D eigenvalue weighted by Gasteiger charge is 2.02. The Bertz CT molecular complexity index is 558. The van der Waals surface area contributed by atoms with E-state index in [1.807, 2.05) is 38.1 Å². The maximum atomic E-state index is 11.4. The van der Waals surface area contributed by atoms with Gasteiger partial charge in [-0.3, -0.25) is 4.79 Å². The lowest BCUT2D eigenvalue weighted by Crippen LogP contribution is -2.10. The normalized spacial score (nSPS) is 10.4. The second-order valence-corrected chi connectivity index (χ2v) is 3.80. The zero-order chi connectivity index (χ0) is 11.5. The quantitative estimate of drug-likeness (QED) is 0.833. The molecule has 0 aliphatic carbocycles. The minimum atomic E-state index is -0.0941. The Morgan fingerprint density at radius 3 is 2.81 bits per heavy atom. The molecule has 1 aromatic heterocycles. The van der Waals surface area contributed by atoms with Crippen molar-refractivity contribution in [1.82, 2.24) is 9.97 Å². The molecule has 1 N–H and O–H groups in total. The van der Waals surface area contributed by atoms with E-state index in [1.165, 1.54) is 6.07 Å². The van der Waals surface area contributed by atoms with Crippen LogP contribution in [0.1, 0.15) is 18.3 Å². The van der Waals surface area contributed by atoms with Crippen LogP contribution in [0.4, 0.5) is 0 Å². The lowest BCUT2D eigenvalue weighted by molar-refractivity contribution is 0.924. The summed E-state index contributed by atoms with van der Waals surface area (Å²) >= 11 is 0. The standard InChI is InChI=1S/C13H14N2O/c1-3-12-14-11(8-13(16)15-12)10-6-4-5-9(2)7-10/h4-8H,3H2,1-2H3,(H,14,15,16). The molecule has 0 saturated carbocycles. The molecule has 0 amide bonds. The van der Waals surface area contributed by atoms with Crippen LogP contribution in [0.25, 0.3) is 11.3 Å². The molecular weight excluding hydrogens is 200 g/mol. The predicted octanol–water partition coefficient (Wildman–Crippen LogP) is 2.31. The lowest BCUT2D eigenvalue weighted by atomic mass is 10.1. The van der Waals surface area contributed by atoms with Crippen LogP contribution >= 0.6 is 0 Å². The Labute approximate surface area is 94.2 Å². The first kappa shape index (κ1) is 10.6. The Morgan fingerprint density at radius 1 is 1.31 bits per heavy atom. The third-order valence-electron chi connectivity index (χ3n) is 2.44. The maximum Gasteiger partial charge on any atom is 0.251 e. The maximum absolute atomic E-state index is 11.4. The molecule has 2 rings (SSSR count). The van der Waals surface area contributed by atoms with E-state index >= 15 is 0 Å². The highest BCUT2D eigenvalue weighted by molar-refractivity contribution is 5.59. The molecule has 0 aliphatic rings. The highest BCUT2D eigenvalue weighted by atomic mass is 16.1. The van der Waals surface area contributed by atoms with Crippen molar-refractivity contribution in [2.45, 2.75) is 20.3 Å². The van der Waals surface area contributed by atoms with Crippen LogP contribution < -0.4 is 5.56 Å². The SMILES string of the molecule is CCc1nc(-c2cccc(C)c2)cc(=O)[nH]1. The average molecular weight is 214 g/mol. The second-order valence-electron chi connectivity index (χ2n) is 3.80. The topological polar surface area (TPSA) is 45.8 Å². The van der Waals surface area contributed by atoms with Gasteiger partial charge >= 0.3 is 0 Å². The van der Waals surface area contributed by atoms with Gasteiger partial charge in [-0.25, -0.2) is 4.98 Å². The molecule has 16 heavy (non-hydrogen) atoms. The van der Waals surface area contributed by atoms with E-state index < -0.39 is 0 Å². The number of hydrogen-bond donors (Lipinski definition) is 1. The van der Waals surface area contributed by atoms with Gasteiger partial charge in [0.25, 0.3) is 5.56 Å². The molecule has 0 bridgehead atoms. The van der Waals surface area contributed by atoms with E-state index in [1.54, 1.807) is 0 Å². The second kappa shape index (κ2) is 4.31. The van der Waals surface area contributed by atoms with Crippen LogP contribution in [0.15, 0.2) is 35.1 Å². The molecule has 2 aromatic rings. The fourth-order valence-corrected chi connectivity index (χ4v) is 1.63. The summed E-state index contributed by atoms with van der Waals surface area (Å²) in [4.78, 5) is 18.6. The van der Waals surface area contributed by atoms with Gasteiger partial charge in [0.15, 0.2) is 0 Å². The molecule has 82 valence electrons. The summed E-state index contributed by atoms with van der Waals surface area (Å²) in [6.45, 7) is 4.00. The summed E-state index contributed by atoms with van der Waals surface area (Å²) in [5.41, 5.74) is 2.80. The van der Waals surface area contributed by atoms with Gasteiger partial charge in [0.1, 0.15) is 5.82 Å². The number of aromatic nitrogens is 2. The molecular formula is C13H14N2O. The van der Waals surface area contributed by atoms with Crippen molar-refractivity contribution in [2.75, 3.05) is 0 Å². The van der Waals surface area contributed by atoms with Crippen LogP contribution in [-0.2, 0) is 6.42 Å². The van der Waals surface area contributed by atoms with Gasteiger partial charge in [-0.15, -0.1) is 0 Å². The number of aryl methyl sites for hydroxylation is 2. The molecule has 0 spiro atoms. The smallest absolute Gasteiger partial charge is 0.251 e. The number of H-pyrrole nitrogens is 1. The van der Waals surface area contributed by atoms with E-state index in [-0.39, 0.29) is 5.56 Å². The van der Waals surface area contributed by atoms with Gasteiger partial charge in [-0.1, -0.05) is 30.7 Å². The molecule has 0 saturated heterocycles. The summed E-state index contributed by atoms with van der Waals surface area (Å²) in [7, 11) is 0. The Kier molecular flexibility index (Phi) is 2.86.